The molecule has 0 saturated heterocycles. The third-order valence-corrected chi connectivity index (χ3v) is 3.04. The zero-order valence-corrected chi connectivity index (χ0v) is 12.5. The van der Waals surface area contributed by atoms with E-state index in [1.54, 1.807) is 0 Å². The Bertz CT molecular complexity index is 185. The molecule has 0 atom stereocenters. The maximum atomic E-state index is 11.9. The molecule has 0 aliphatic rings. The fourth-order valence-electron chi connectivity index (χ4n) is 1.79. The first-order valence-corrected chi connectivity index (χ1v) is 7.67. The number of carbonyl (C=O) groups excluding carboxylic acids is 1. The summed E-state index contributed by atoms with van der Waals surface area (Å²) in [5, 5.41) is 0. The van der Waals surface area contributed by atoms with Crippen LogP contribution in [-0.2, 0) is 4.74 Å². The van der Waals surface area contributed by atoms with Crippen molar-refractivity contribution in [2.45, 2.75) is 72.1 Å². The largest absolute Gasteiger partial charge is 0.449 e. The average molecular weight is 257 g/mol. The van der Waals surface area contributed by atoms with Crippen molar-refractivity contribution >= 4 is 6.09 Å². The van der Waals surface area contributed by atoms with E-state index in [2.05, 4.69) is 20.8 Å². The molecule has 0 aliphatic heterocycles. The molecule has 0 aliphatic carbocycles. The Labute approximate surface area is 113 Å². The Hall–Kier alpha value is -0.730. The lowest BCUT2D eigenvalue weighted by Crippen LogP contribution is -2.33. The molecule has 3 heteroatoms. The second-order valence-corrected chi connectivity index (χ2v) is 4.87. The van der Waals surface area contributed by atoms with Gasteiger partial charge in [0.1, 0.15) is 0 Å². The third-order valence-electron chi connectivity index (χ3n) is 3.04. The summed E-state index contributed by atoms with van der Waals surface area (Å²) in [5.74, 6) is 0. The number of hydrogen-bond acceptors (Lipinski definition) is 2. The van der Waals surface area contributed by atoms with Gasteiger partial charge < -0.3 is 9.64 Å². The molecule has 1 amide bonds. The molecule has 0 radical (unpaired) electrons. The number of nitrogens with zero attached hydrogens (tertiary/aromatic N) is 1. The van der Waals surface area contributed by atoms with Gasteiger partial charge in [-0.25, -0.2) is 4.79 Å². The van der Waals surface area contributed by atoms with Gasteiger partial charge in [-0.15, -0.1) is 0 Å². The van der Waals surface area contributed by atoms with Crippen LogP contribution in [0.25, 0.3) is 0 Å². The highest BCUT2D eigenvalue weighted by Gasteiger charge is 2.13. The zero-order chi connectivity index (χ0) is 13.6. The summed E-state index contributed by atoms with van der Waals surface area (Å²) in [6.07, 6.45) is 8.84. The fraction of sp³-hybridized carbons (Fsp3) is 0.933. The second kappa shape index (κ2) is 12.7. The van der Waals surface area contributed by atoms with Crippen molar-refractivity contribution in [1.82, 2.24) is 4.90 Å². The molecule has 0 heterocycles. The Morgan fingerprint density at radius 1 is 0.833 bits per heavy atom. The van der Waals surface area contributed by atoms with E-state index in [1.165, 1.54) is 25.7 Å². The van der Waals surface area contributed by atoms with Crippen LogP contribution < -0.4 is 0 Å². The van der Waals surface area contributed by atoms with Gasteiger partial charge in [-0.2, -0.15) is 0 Å². The van der Waals surface area contributed by atoms with E-state index in [9.17, 15) is 4.79 Å². The molecule has 0 rings (SSSR count). The molecule has 0 saturated carbocycles. The lowest BCUT2D eigenvalue weighted by Gasteiger charge is -2.22. The summed E-state index contributed by atoms with van der Waals surface area (Å²) < 4.78 is 5.29. The summed E-state index contributed by atoms with van der Waals surface area (Å²) >= 11 is 0. The summed E-state index contributed by atoms with van der Waals surface area (Å²) in [6.45, 7) is 8.73. The molecule has 0 aromatic carbocycles. The fourth-order valence-corrected chi connectivity index (χ4v) is 1.79. The van der Waals surface area contributed by atoms with Gasteiger partial charge in [0, 0.05) is 13.1 Å². The van der Waals surface area contributed by atoms with Crippen molar-refractivity contribution in [1.29, 1.82) is 0 Å². The van der Waals surface area contributed by atoms with E-state index in [0.717, 1.165) is 38.8 Å². The van der Waals surface area contributed by atoms with Crippen LogP contribution in [-0.4, -0.2) is 30.7 Å². The quantitative estimate of drug-likeness (QED) is 0.506. The van der Waals surface area contributed by atoms with Crippen molar-refractivity contribution in [2.24, 2.45) is 0 Å². The number of hydrogen-bond donors (Lipinski definition) is 0. The first kappa shape index (κ1) is 17.3. The van der Waals surface area contributed by atoms with Crippen LogP contribution in [0.4, 0.5) is 4.79 Å². The van der Waals surface area contributed by atoms with Crippen molar-refractivity contribution in [3.8, 4) is 0 Å². The monoisotopic (exact) mass is 257 g/mol. The number of rotatable bonds is 11. The summed E-state index contributed by atoms with van der Waals surface area (Å²) in [6, 6.07) is 0. The van der Waals surface area contributed by atoms with E-state index >= 15 is 0 Å². The van der Waals surface area contributed by atoms with Crippen LogP contribution in [0.5, 0.6) is 0 Å². The standard InChI is InChI=1S/C15H31NO2/c1-4-7-10-12-16(13-11-8-5-2)15(17)18-14-9-6-3/h4-14H2,1-3H3. The Kier molecular flexibility index (Phi) is 12.2. The molecule has 0 unspecified atom stereocenters. The molecular weight excluding hydrogens is 226 g/mol. The molecule has 18 heavy (non-hydrogen) atoms. The van der Waals surface area contributed by atoms with Gasteiger partial charge in [-0.05, 0) is 19.3 Å². The smallest absolute Gasteiger partial charge is 0.409 e. The number of carbonyl (C=O) groups is 1. The molecule has 3 nitrogen and oxygen atoms in total. The van der Waals surface area contributed by atoms with Gasteiger partial charge in [0.15, 0.2) is 0 Å². The highest BCUT2D eigenvalue weighted by molar-refractivity contribution is 5.67. The third kappa shape index (κ3) is 9.32. The van der Waals surface area contributed by atoms with Gasteiger partial charge in [0.2, 0.25) is 0 Å². The first-order chi connectivity index (χ1) is 8.76. The molecule has 0 bridgehead atoms. The van der Waals surface area contributed by atoms with Crippen molar-refractivity contribution < 1.29 is 9.53 Å². The van der Waals surface area contributed by atoms with Crippen molar-refractivity contribution in [3.05, 3.63) is 0 Å². The lowest BCUT2D eigenvalue weighted by atomic mass is 10.2. The molecule has 108 valence electrons. The minimum absolute atomic E-state index is 0.115. The predicted octanol–water partition coefficient (Wildman–Crippen LogP) is 4.61. The zero-order valence-electron chi connectivity index (χ0n) is 12.5. The number of amides is 1. The molecule has 0 aromatic heterocycles. The van der Waals surface area contributed by atoms with Crippen molar-refractivity contribution in [2.75, 3.05) is 19.7 Å². The predicted molar refractivity (Wildman–Crippen MR) is 76.9 cm³/mol. The van der Waals surface area contributed by atoms with Crippen LogP contribution >= 0.6 is 0 Å². The van der Waals surface area contributed by atoms with Gasteiger partial charge in [-0.1, -0.05) is 52.9 Å². The van der Waals surface area contributed by atoms with E-state index < -0.39 is 0 Å². The first-order valence-electron chi connectivity index (χ1n) is 7.67. The topological polar surface area (TPSA) is 29.5 Å². The van der Waals surface area contributed by atoms with E-state index in [-0.39, 0.29) is 6.09 Å². The summed E-state index contributed by atoms with van der Waals surface area (Å²) in [5.41, 5.74) is 0. The van der Waals surface area contributed by atoms with E-state index in [1.807, 2.05) is 4.90 Å². The minimum Gasteiger partial charge on any atom is -0.449 e. The molecule has 0 spiro atoms. The van der Waals surface area contributed by atoms with E-state index in [0.29, 0.717) is 6.61 Å². The van der Waals surface area contributed by atoms with Crippen molar-refractivity contribution in [3.63, 3.8) is 0 Å². The Morgan fingerprint density at radius 3 is 1.78 bits per heavy atom. The SMILES string of the molecule is CCCCCN(CCCCC)C(=O)OCCCC. The highest BCUT2D eigenvalue weighted by Crippen LogP contribution is 2.05. The van der Waals surface area contributed by atoms with Crippen LogP contribution in [0, 0.1) is 0 Å². The highest BCUT2D eigenvalue weighted by atomic mass is 16.6. The lowest BCUT2D eigenvalue weighted by molar-refractivity contribution is 0.0996. The number of unbranched alkanes of at least 4 members (excludes halogenated alkanes) is 5. The Balaban J connectivity index is 3.95. The van der Waals surface area contributed by atoms with E-state index in [4.69, 9.17) is 4.74 Å². The van der Waals surface area contributed by atoms with Crippen LogP contribution in [0.1, 0.15) is 72.1 Å². The van der Waals surface area contributed by atoms with Gasteiger partial charge >= 0.3 is 6.09 Å². The Morgan fingerprint density at radius 2 is 1.33 bits per heavy atom. The second-order valence-electron chi connectivity index (χ2n) is 4.87. The van der Waals surface area contributed by atoms with Crippen LogP contribution in [0.15, 0.2) is 0 Å². The maximum Gasteiger partial charge on any atom is 0.409 e. The average Bonchev–Trinajstić information content (AvgIpc) is 2.37. The number of ether oxygens (including phenoxy) is 1. The van der Waals surface area contributed by atoms with Gasteiger partial charge in [-0.3, -0.25) is 0 Å². The van der Waals surface area contributed by atoms with Gasteiger partial charge in [0.05, 0.1) is 6.61 Å². The molecule has 0 aromatic rings. The molecule has 0 N–H and O–H groups in total. The summed E-state index contributed by atoms with van der Waals surface area (Å²) in [7, 11) is 0. The summed E-state index contributed by atoms with van der Waals surface area (Å²) in [4.78, 5) is 13.8. The maximum absolute atomic E-state index is 11.9. The molecular formula is C15H31NO2. The normalized spacial score (nSPS) is 10.4. The van der Waals surface area contributed by atoms with Crippen LogP contribution in [0.2, 0.25) is 0 Å². The van der Waals surface area contributed by atoms with Gasteiger partial charge in [0.25, 0.3) is 0 Å². The minimum atomic E-state index is -0.115. The molecule has 0 fully saturated rings. The van der Waals surface area contributed by atoms with Crippen LogP contribution in [0.3, 0.4) is 0 Å².